The zero-order valence-electron chi connectivity index (χ0n) is 33.5. The van der Waals surface area contributed by atoms with Gasteiger partial charge in [-0.25, -0.2) is 0 Å². The average molecular weight is 827 g/mol. The number of piperidine rings is 1. The van der Waals surface area contributed by atoms with Crippen molar-refractivity contribution in [2.24, 2.45) is 0 Å². The number of rotatable bonds is 15. The zero-order valence-corrected chi connectivity index (χ0v) is 33.5. The van der Waals surface area contributed by atoms with E-state index in [0.29, 0.717) is 58.4 Å². The van der Waals surface area contributed by atoms with Gasteiger partial charge in [0.1, 0.15) is 23.2 Å². The number of nitrogens with zero attached hydrogens (tertiary/aromatic N) is 3. The van der Waals surface area contributed by atoms with Gasteiger partial charge in [-0.3, -0.25) is 53.7 Å². The Hall–Kier alpha value is -7.69. The number of carbonyl (C=O) groups is 7. The minimum atomic E-state index is -1.13. The summed E-state index contributed by atoms with van der Waals surface area (Å²) in [7, 11) is 3.10. The molecule has 0 saturated carbocycles. The molecule has 0 spiro atoms. The quantitative estimate of drug-likeness (QED) is 0.0749. The molecule has 312 valence electrons. The molecule has 2 aliphatic rings. The van der Waals surface area contributed by atoms with Crippen LogP contribution in [0.3, 0.4) is 0 Å². The first kappa shape index (κ1) is 41.5. The summed E-state index contributed by atoms with van der Waals surface area (Å²) < 4.78 is 11.5. The predicted molar refractivity (Wildman–Crippen MR) is 222 cm³/mol. The normalized spacial score (nSPS) is 15.1. The minimum Gasteiger partial charge on any atom is -0.496 e. The first-order valence-electron chi connectivity index (χ1n) is 19.6. The van der Waals surface area contributed by atoms with E-state index < -0.39 is 41.7 Å². The van der Waals surface area contributed by atoms with E-state index in [9.17, 15) is 33.6 Å². The van der Waals surface area contributed by atoms with Crippen LogP contribution in [0.4, 0.5) is 11.4 Å². The third-order valence-electron chi connectivity index (χ3n) is 10.3. The van der Waals surface area contributed by atoms with Gasteiger partial charge in [-0.05, 0) is 62.6 Å². The smallest absolute Gasteiger partial charge is 0.269 e. The molecule has 5 N–H and O–H groups in total. The number of pyridine rings is 2. The number of ether oxygens (including phenoxy) is 2. The van der Waals surface area contributed by atoms with E-state index in [4.69, 9.17) is 9.47 Å². The van der Waals surface area contributed by atoms with Crippen LogP contribution in [0.5, 0.6) is 11.5 Å². The molecule has 7 rings (SSSR count). The van der Waals surface area contributed by atoms with Crippen LogP contribution in [0.15, 0.2) is 85.2 Å². The Morgan fingerprint density at radius 1 is 0.852 bits per heavy atom. The number of fused-ring (bicyclic) bond motifs is 2. The van der Waals surface area contributed by atoms with E-state index in [2.05, 4.69) is 36.6 Å². The maximum absolute atomic E-state index is 13.4. The number of hydrogen-bond donors (Lipinski definition) is 5. The fourth-order valence-electron chi connectivity index (χ4n) is 7.13. The van der Waals surface area contributed by atoms with Gasteiger partial charge in [-0.1, -0.05) is 30.3 Å². The fraction of sp³-hybridized carbons (Fsp3) is 0.250. The summed E-state index contributed by atoms with van der Waals surface area (Å²) >= 11 is 0. The zero-order chi connectivity index (χ0) is 43.2. The van der Waals surface area contributed by atoms with E-state index in [-0.39, 0.29) is 53.8 Å². The average Bonchev–Trinajstić information content (AvgIpc) is 3.53. The van der Waals surface area contributed by atoms with E-state index in [1.165, 1.54) is 31.3 Å². The highest BCUT2D eigenvalue weighted by Crippen LogP contribution is 2.38. The molecule has 17 heteroatoms. The largest absolute Gasteiger partial charge is 0.496 e. The van der Waals surface area contributed by atoms with Crippen molar-refractivity contribution in [3.8, 4) is 22.6 Å². The number of para-hydroxylation sites is 1. The van der Waals surface area contributed by atoms with Crippen LogP contribution >= 0.6 is 0 Å². The molecule has 17 nitrogen and oxygen atoms in total. The highest BCUT2D eigenvalue weighted by molar-refractivity contribution is 6.24. The molecular weight excluding hydrogens is 785 g/mol. The lowest BCUT2D eigenvalue weighted by atomic mass is 10.0. The summed E-state index contributed by atoms with van der Waals surface area (Å²) in [5, 5.41) is 14.5. The molecule has 2 unspecified atom stereocenters. The second kappa shape index (κ2) is 18.1. The summed E-state index contributed by atoms with van der Waals surface area (Å²) in [6, 6.07) is 19.8. The molecule has 2 atom stereocenters. The summed E-state index contributed by atoms with van der Waals surface area (Å²) in [5.74, 6) is -3.21. The highest BCUT2D eigenvalue weighted by Gasteiger charge is 2.46. The molecule has 4 heterocycles. The fourth-order valence-corrected chi connectivity index (χ4v) is 7.13. The van der Waals surface area contributed by atoms with Gasteiger partial charge in [0.2, 0.25) is 11.8 Å². The molecule has 3 aromatic carbocycles. The number of methoxy groups -OCH3 is 1. The van der Waals surface area contributed by atoms with Gasteiger partial charge in [0.05, 0.1) is 35.0 Å². The van der Waals surface area contributed by atoms with Crippen molar-refractivity contribution in [2.75, 3.05) is 32.6 Å². The second-order valence-electron chi connectivity index (χ2n) is 14.3. The minimum absolute atomic E-state index is 0.00895. The Morgan fingerprint density at radius 2 is 1.62 bits per heavy atom. The third kappa shape index (κ3) is 8.71. The Balaban J connectivity index is 0.917. The molecule has 7 amide bonds. The van der Waals surface area contributed by atoms with Crippen molar-refractivity contribution < 1.29 is 43.0 Å². The summed E-state index contributed by atoms with van der Waals surface area (Å²) in [5.41, 5.74) is 3.86. The van der Waals surface area contributed by atoms with Crippen molar-refractivity contribution in [2.45, 2.75) is 44.8 Å². The first-order chi connectivity index (χ1) is 29.5. The van der Waals surface area contributed by atoms with E-state index >= 15 is 0 Å². The lowest BCUT2D eigenvalue weighted by molar-refractivity contribution is -0.136. The van der Waals surface area contributed by atoms with Crippen molar-refractivity contribution in [3.63, 3.8) is 0 Å². The van der Waals surface area contributed by atoms with E-state index in [1.54, 1.807) is 38.6 Å². The monoisotopic (exact) mass is 826 g/mol. The van der Waals surface area contributed by atoms with E-state index in [1.807, 2.05) is 36.4 Å². The van der Waals surface area contributed by atoms with Crippen molar-refractivity contribution >= 4 is 63.6 Å². The van der Waals surface area contributed by atoms with Crippen molar-refractivity contribution in [1.82, 2.24) is 36.1 Å². The molecule has 61 heavy (non-hydrogen) atoms. The summed E-state index contributed by atoms with van der Waals surface area (Å²) in [4.78, 5) is 99.0. The molecule has 1 saturated heterocycles. The lowest BCUT2D eigenvalue weighted by Crippen LogP contribution is -2.54. The van der Waals surface area contributed by atoms with Crippen LogP contribution < -0.4 is 36.1 Å². The molecule has 2 aromatic heterocycles. The highest BCUT2D eigenvalue weighted by atomic mass is 16.5. The molecule has 0 radical (unpaired) electrons. The number of amides is 7. The Labute approximate surface area is 349 Å². The topological polar surface area (TPSA) is 227 Å². The lowest BCUT2D eigenvalue weighted by Gasteiger charge is -2.27. The number of aromatic nitrogens is 2. The van der Waals surface area contributed by atoms with Gasteiger partial charge in [-0.2, -0.15) is 0 Å². The Morgan fingerprint density at radius 3 is 2.33 bits per heavy atom. The van der Waals surface area contributed by atoms with Crippen LogP contribution in [0.2, 0.25) is 0 Å². The van der Waals surface area contributed by atoms with Gasteiger partial charge in [0.15, 0.2) is 6.10 Å². The Kier molecular flexibility index (Phi) is 12.3. The number of anilines is 2. The standard InChI is InChI=1S/C44H42N8O9/c1-24(61-34-13-9-12-27-37(34)44(59)52(43(27)58)33-16-17-36(53)51-42(33)57)39(54)46-18-7-8-19-47-41(56)31-15-14-25(22-48-31)28-20-29-32(21-35(28)60-3)49-23-30(40(55)45-2)38(29)50-26-10-5-4-6-11-26/h4-6,9-15,20-24,33H,7-8,16-19H2,1-3H3,(H,45,55)(H,46,54)(H,47,56)(H,49,50)(H,51,53,57). The second-order valence-corrected chi connectivity index (χ2v) is 14.3. The molecular formula is C44H42N8O9. The molecule has 0 aliphatic carbocycles. The number of benzene rings is 3. The van der Waals surface area contributed by atoms with Gasteiger partial charge in [-0.15, -0.1) is 0 Å². The molecule has 2 aliphatic heterocycles. The first-order valence-corrected chi connectivity index (χ1v) is 19.6. The number of unbranched alkanes of at least 4 members (excludes halogenated alkanes) is 1. The summed E-state index contributed by atoms with van der Waals surface area (Å²) in [6.45, 7) is 2.10. The van der Waals surface area contributed by atoms with Gasteiger partial charge in [0, 0.05) is 67.2 Å². The maximum Gasteiger partial charge on any atom is 0.269 e. The number of carbonyl (C=O) groups excluding carboxylic acids is 7. The third-order valence-corrected chi connectivity index (χ3v) is 10.3. The number of imide groups is 2. The van der Waals surface area contributed by atoms with Crippen molar-refractivity contribution in [1.29, 1.82) is 0 Å². The Bertz CT molecular complexity index is 2560. The van der Waals surface area contributed by atoms with E-state index in [0.717, 1.165) is 10.6 Å². The predicted octanol–water partition coefficient (Wildman–Crippen LogP) is 3.90. The molecule has 5 aromatic rings. The van der Waals surface area contributed by atoms with Gasteiger partial charge in [0.25, 0.3) is 29.5 Å². The van der Waals surface area contributed by atoms with Gasteiger partial charge < -0.3 is 30.7 Å². The number of hydrogen-bond acceptors (Lipinski definition) is 12. The van der Waals surface area contributed by atoms with Crippen LogP contribution in [-0.4, -0.2) is 95.6 Å². The number of nitrogens with one attached hydrogen (secondary N) is 5. The maximum atomic E-state index is 13.4. The van der Waals surface area contributed by atoms with Crippen LogP contribution in [0, 0.1) is 0 Å². The summed E-state index contributed by atoms with van der Waals surface area (Å²) in [6.07, 6.45) is 3.13. The SMILES string of the molecule is CNC(=O)c1cnc2cc(OC)c(-c3ccc(C(=O)NCCCCNC(=O)C(C)Oc4cccc5c4C(=O)N(C4CCC(=O)NC4=O)C5=O)nc3)cc2c1Nc1ccccc1. The molecule has 1 fully saturated rings. The van der Waals surface area contributed by atoms with Crippen molar-refractivity contribution in [3.05, 3.63) is 108 Å². The van der Waals surface area contributed by atoms with Crippen LogP contribution in [0.1, 0.15) is 74.2 Å². The molecule has 0 bridgehead atoms. The van der Waals surface area contributed by atoms with Gasteiger partial charge >= 0.3 is 0 Å². The van der Waals surface area contributed by atoms with Crippen LogP contribution in [0.25, 0.3) is 22.0 Å². The van der Waals surface area contributed by atoms with Crippen LogP contribution in [-0.2, 0) is 14.4 Å².